The Labute approximate surface area is 270 Å². The number of hydrogen-bond donors (Lipinski definition) is 1. The van der Waals surface area contributed by atoms with Crippen LogP contribution in [0.3, 0.4) is 0 Å². The van der Waals surface area contributed by atoms with E-state index in [0.717, 1.165) is 61.3 Å². The molecule has 2 aliphatic rings. The molecule has 0 aliphatic carbocycles. The smallest absolute Gasteiger partial charge is 0.419 e. The highest BCUT2D eigenvalue weighted by atomic mass is 28.3. The minimum Gasteiger partial charge on any atom is -0.443 e. The van der Waals surface area contributed by atoms with Gasteiger partial charge in [-0.15, -0.1) is 0 Å². The third-order valence-electron chi connectivity index (χ3n) is 8.58. The summed E-state index contributed by atoms with van der Waals surface area (Å²) >= 11 is 0. The third kappa shape index (κ3) is 7.43. The van der Waals surface area contributed by atoms with Gasteiger partial charge in [-0.2, -0.15) is 0 Å². The summed E-state index contributed by atoms with van der Waals surface area (Å²) in [5.74, 6) is -0.143. The van der Waals surface area contributed by atoms with E-state index in [1.807, 2.05) is 45.0 Å². The standard InChI is InChI=1S/C36H49N4O4Si/c1-10-25-12-13-27(32-28(25)21-37-33(32)41)30-20-26-19-24(11-14-29(26)40(30)34(42)43-36(5,6)7)22-38-15-17-39(18-16-38)23-31(35(2,3)4)44-45(8)9/h10-14,19-20,31H,1,15-18,21-23H2,2-9H3,(H,37,41). The van der Waals surface area contributed by atoms with Crippen molar-refractivity contribution in [2.75, 3.05) is 32.7 Å². The summed E-state index contributed by atoms with van der Waals surface area (Å²) in [5, 5.41) is 3.89. The largest absolute Gasteiger partial charge is 0.443 e. The summed E-state index contributed by atoms with van der Waals surface area (Å²) in [6.07, 6.45) is 1.54. The maximum absolute atomic E-state index is 13.7. The van der Waals surface area contributed by atoms with Gasteiger partial charge in [0.1, 0.15) is 5.60 Å². The van der Waals surface area contributed by atoms with Crippen LogP contribution in [0.1, 0.15) is 68.6 Å². The van der Waals surface area contributed by atoms with Crippen molar-refractivity contribution >= 4 is 38.0 Å². The molecule has 1 unspecified atom stereocenters. The Morgan fingerprint density at radius 2 is 1.71 bits per heavy atom. The van der Waals surface area contributed by atoms with Crippen LogP contribution in [-0.2, 0) is 22.3 Å². The molecule has 0 saturated carbocycles. The van der Waals surface area contributed by atoms with Gasteiger partial charge in [0.05, 0.1) is 22.9 Å². The lowest BCUT2D eigenvalue weighted by molar-refractivity contribution is 0.0279. The molecule has 0 spiro atoms. The Kier molecular flexibility index (Phi) is 9.47. The molecular formula is C36H49N4O4Si. The summed E-state index contributed by atoms with van der Waals surface area (Å²) in [6, 6.07) is 12.2. The van der Waals surface area contributed by atoms with Gasteiger partial charge in [0.2, 0.25) is 9.04 Å². The number of hydrogen-bond acceptors (Lipinski definition) is 6. The Morgan fingerprint density at radius 3 is 2.33 bits per heavy atom. The van der Waals surface area contributed by atoms with Crippen LogP contribution in [0, 0.1) is 5.41 Å². The van der Waals surface area contributed by atoms with Crippen molar-refractivity contribution in [3.05, 3.63) is 65.2 Å². The zero-order chi connectivity index (χ0) is 32.7. The summed E-state index contributed by atoms with van der Waals surface area (Å²) in [5.41, 5.74) is 5.15. The molecule has 3 heterocycles. The molecule has 2 aliphatic heterocycles. The van der Waals surface area contributed by atoms with Crippen molar-refractivity contribution in [1.82, 2.24) is 19.7 Å². The van der Waals surface area contributed by atoms with E-state index in [1.165, 1.54) is 5.56 Å². The Morgan fingerprint density at radius 1 is 1.02 bits per heavy atom. The van der Waals surface area contributed by atoms with Crippen LogP contribution in [0.15, 0.2) is 43.0 Å². The van der Waals surface area contributed by atoms with E-state index in [9.17, 15) is 9.59 Å². The van der Waals surface area contributed by atoms with Gasteiger partial charge in [-0.1, -0.05) is 51.6 Å². The zero-order valence-electron chi connectivity index (χ0n) is 28.3. The second-order valence-electron chi connectivity index (χ2n) is 14.6. The number of rotatable bonds is 8. The molecule has 1 aromatic heterocycles. The van der Waals surface area contributed by atoms with Gasteiger partial charge in [0, 0.05) is 56.8 Å². The molecule has 2 aromatic carbocycles. The second kappa shape index (κ2) is 12.9. The number of carbonyl (C=O) groups excluding carboxylic acids is 2. The van der Waals surface area contributed by atoms with Crippen LogP contribution >= 0.6 is 0 Å². The lowest BCUT2D eigenvalue weighted by Gasteiger charge is -2.40. The van der Waals surface area contributed by atoms with Crippen molar-refractivity contribution in [2.45, 2.75) is 79.4 Å². The van der Waals surface area contributed by atoms with Crippen molar-refractivity contribution in [1.29, 1.82) is 0 Å². The predicted octanol–water partition coefficient (Wildman–Crippen LogP) is 6.78. The topological polar surface area (TPSA) is 76.0 Å². The first-order valence-electron chi connectivity index (χ1n) is 16.0. The van der Waals surface area contributed by atoms with E-state index in [4.69, 9.17) is 9.16 Å². The summed E-state index contributed by atoms with van der Waals surface area (Å²) < 4.78 is 13.9. The number of aromatic nitrogens is 1. The number of amides is 1. The highest BCUT2D eigenvalue weighted by molar-refractivity contribution is 6.48. The Hall–Kier alpha value is -3.24. The maximum Gasteiger partial charge on any atom is 0.419 e. The molecule has 241 valence electrons. The molecule has 8 nitrogen and oxygen atoms in total. The quantitative estimate of drug-likeness (QED) is 0.277. The van der Waals surface area contributed by atoms with E-state index < -0.39 is 20.7 Å². The Balaban J connectivity index is 1.41. The first-order chi connectivity index (χ1) is 21.1. The molecule has 1 N–H and O–H groups in total. The minimum absolute atomic E-state index is 0.112. The summed E-state index contributed by atoms with van der Waals surface area (Å²) in [7, 11) is -0.768. The van der Waals surface area contributed by atoms with Crippen molar-refractivity contribution in [2.24, 2.45) is 5.41 Å². The highest BCUT2D eigenvalue weighted by Gasteiger charge is 2.31. The zero-order valence-corrected chi connectivity index (χ0v) is 29.3. The fraction of sp³-hybridized carbons (Fsp3) is 0.500. The molecule has 3 aromatic rings. The van der Waals surface area contributed by atoms with Crippen molar-refractivity contribution < 1.29 is 18.8 Å². The minimum atomic E-state index is -0.768. The van der Waals surface area contributed by atoms with Crippen LogP contribution in [0.4, 0.5) is 4.79 Å². The summed E-state index contributed by atoms with van der Waals surface area (Å²) in [4.78, 5) is 31.7. The number of piperazine rings is 1. The maximum atomic E-state index is 13.7. The van der Waals surface area contributed by atoms with E-state index in [1.54, 1.807) is 10.6 Å². The molecular weight excluding hydrogens is 581 g/mol. The summed E-state index contributed by atoms with van der Waals surface area (Å²) in [6.45, 7) is 27.0. The molecule has 5 rings (SSSR count). The number of nitrogens with zero attached hydrogens (tertiary/aromatic N) is 3. The molecule has 45 heavy (non-hydrogen) atoms. The van der Waals surface area contributed by atoms with Gasteiger partial charge >= 0.3 is 6.09 Å². The third-order valence-corrected chi connectivity index (χ3v) is 9.33. The first kappa shape index (κ1) is 33.1. The average molecular weight is 630 g/mol. The average Bonchev–Trinajstić information content (AvgIpc) is 3.52. The lowest BCUT2D eigenvalue weighted by atomic mass is 9.89. The van der Waals surface area contributed by atoms with Crippen molar-refractivity contribution in [3.63, 3.8) is 0 Å². The molecule has 1 radical (unpaired) electrons. The molecule has 0 bridgehead atoms. The molecule has 1 atom stereocenters. The van der Waals surface area contributed by atoms with Gasteiger partial charge in [0.25, 0.3) is 5.91 Å². The fourth-order valence-corrected chi connectivity index (χ4v) is 7.23. The fourth-order valence-electron chi connectivity index (χ4n) is 6.24. The molecule has 9 heteroatoms. The van der Waals surface area contributed by atoms with Crippen LogP contribution in [-0.4, -0.2) is 79.8 Å². The number of fused-ring (bicyclic) bond motifs is 2. The SMILES string of the molecule is C=Cc1ccc(-c2cc3cc(CN4CCN(CC(O[Si](C)C)C(C)(C)C)CC4)ccc3n2C(=O)OC(C)(C)C)c2c1CNC2=O. The van der Waals surface area contributed by atoms with Crippen LogP contribution in [0.25, 0.3) is 28.2 Å². The highest BCUT2D eigenvalue weighted by Crippen LogP contribution is 2.36. The monoisotopic (exact) mass is 629 g/mol. The normalized spacial score (nSPS) is 17.0. The van der Waals surface area contributed by atoms with E-state index >= 15 is 0 Å². The predicted molar refractivity (Wildman–Crippen MR) is 184 cm³/mol. The van der Waals surface area contributed by atoms with Gasteiger partial charge in [-0.3, -0.25) is 14.6 Å². The van der Waals surface area contributed by atoms with Gasteiger partial charge in [0.15, 0.2) is 0 Å². The number of carbonyl (C=O) groups is 2. The van der Waals surface area contributed by atoms with Crippen LogP contribution < -0.4 is 5.32 Å². The van der Waals surface area contributed by atoms with Crippen molar-refractivity contribution in [3.8, 4) is 11.3 Å². The first-order valence-corrected chi connectivity index (χ1v) is 18.4. The van der Waals surface area contributed by atoms with Gasteiger partial charge in [-0.25, -0.2) is 9.36 Å². The molecule has 1 fully saturated rings. The van der Waals surface area contributed by atoms with Crippen LogP contribution in [0.5, 0.6) is 0 Å². The number of ether oxygens (including phenoxy) is 1. The van der Waals surface area contributed by atoms with Gasteiger partial charge in [-0.05, 0) is 74.2 Å². The van der Waals surface area contributed by atoms with Gasteiger partial charge < -0.3 is 14.5 Å². The molecule has 1 amide bonds. The number of nitrogens with one attached hydrogen (secondary N) is 1. The lowest BCUT2D eigenvalue weighted by Crippen LogP contribution is -2.51. The van der Waals surface area contributed by atoms with E-state index in [-0.39, 0.29) is 17.4 Å². The number of benzene rings is 2. The van der Waals surface area contributed by atoms with Crippen LogP contribution in [0.2, 0.25) is 13.1 Å². The Bertz CT molecular complexity index is 1590. The van der Waals surface area contributed by atoms with E-state index in [0.29, 0.717) is 23.4 Å². The van der Waals surface area contributed by atoms with E-state index in [2.05, 4.69) is 67.7 Å². The molecule has 1 saturated heterocycles. The second-order valence-corrected chi connectivity index (χ2v) is 16.7.